The van der Waals surface area contributed by atoms with E-state index in [2.05, 4.69) is 9.97 Å². The van der Waals surface area contributed by atoms with Crippen LogP contribution in [0.1, 0.15) is 5.56 Å². The Bertz CT molecular complexity index is 1110. The van der Waals surface area contributed by atoms with Gasteiger partial charge in [0, 0.05) is 36.8 Å². The number of halogens is 1. The van der Waals surface area contributed by atoms with Gasteiger partial charge in [-0.25, -0.2) is 14.5 Å². The van der Waals surface area contributed by atoms with Crippen LogP contribution in [0, 0.1) is 5.82 Å². The van der Waals surface area contributed by atoms with Crippen molar-refractivity contribution < 1.29 is 12.8 Å². The molecule has 3 N–H and O–H groups in total. The number of aromatic amines is 1. The molecule has 0 aliphatic heterocycles. The first-order valence-electron chi connectivity index (χ1n) is 7.26. The summed E-state index contributed by atoms with van der Waals surface area (Å²) in [6, 6.07) is 9.20. The van der Waals surface area contributed by atoms with Crippen molar-refractivity contribution in [2.45, 2.75) is 6.54 Å². The van der Waals surface area contributed by atoms with Gasteiger partial charge in [-0.05, 0) is 29.3 Å². The van der Waals surface area contributed by atoms with Crippen LogP contribution in [-0.2, 0) is 16.8 Å². The van der Waals surface area contributed by atoms with Crippen molar-refractivity contribution in [3.05, 3.63) is 64.3 Å². The van der Waals surface area contributed by atoms with E-state index in [1.165, 1.54) is 31.4 Å². The molecule has 0 fully saturated rings. The second-order valence-corrected chi connectivity index (χ2v) is 7.20. The molecule has 1 aromatic carbocycles. The van der Waals surface area contributed by atoms with Gasteiger partial charge in [0.15, 0.2) is 0 Å². The molecule has 0 aliphatic rings. The van der Waals surface area contributed by atoms with E-state index in [1.807, 2.05) is 0 Å². The van der Waals surface area contributed by atoms with E-state index in [9.17, 15) is 17.6 Å². The molecule has 2 heterocycles. The molecule has 0 radical (unpaired) electrons. The lowest BCUT2D eigenvalue weighted by atomic mass is 10.0. The van der Waals surface area contributed by atoms with Gasteiger partial charge in [0.2, 0.25) is 5.56 Å². The predicted octanol–water partition coefficient (Wildman–Crippen LogP) is 1.36. The van der Waals surface area contributed by atoms with Gasteiger partial charge >= 0.3 is 0 Å². The number of nitrogens with zero attached hydrogens (tertiary/aromatic N) is 2. The molecule has 0 bridgehead atoms. The highest BCUT2D eigenvalue weighted by Crippen LogP contribution is 2.27. The van der Waals surface area contributed by atoms with Crippen LogP contribution in [0.5, 0.6) is 0 Å². The minimum Gasteiger partial charge on any atom is -0.307 e. The molecule has 0 spiro atoms. The Morgan fingerprint density at radius 1 is 1.24 bits per heavy atom. The summed E-state index contributed by atoms with van der Waals surface area (Å²) in [5.74, 6) is -0.553. The lowest BCUT2D eigenvalue weighted by Gasteiger charge is -2.15. The van der Waals surface area contributed by atoms with Crippen LogP contribution in [0.2, 0.25) is 0 Å². The van der Waals surface area contributed by atoms with Crippen LogP contribution >= 0.6 is 0 Å². The SMILES string of the molecule is CN(Cc1ccc(-c2ccnc3[nH]c(=O)ccc23)cc1F)S(N)(=O)=O. The molecule has 0 amide bonds. The quantitative estimate of drug-likeness (QED) is 0.730. The fourth-order valence-corrected chi connectivity index (χ4v) is 2.80. The Morgan fingerprint density at radius 2 is 2.00 bits per heavy atom. The van der Waals surface area contributed by atoms with E-state index >= 15 is 0 Å². The van der Waals surface area contributed by atoms with E-state index in [0.717, 1.165) is 4.31 Å². The van der Waals surface area contributed by atoms with Crippen molar-refractivity contribution in [1.82, 2.24) is 14.3 Å². The van der Waals surface area contributed by atoms with Crippen LogP contribution in [0.25, 0.3) is 22.2 Å². The molecular formula is C16H15FN4O3S. The number of aromatic nitrogens is 2. The number of benzene rings is 1. The third-order valence-electron chi connectivity index (χ3n) is 3.82. The average Bonchev–Trinajstić information content (AvgIpc) is 2.55. The molecule has 0 unspecified atom stereocenters. The number of fused-ring (bicyclic) bond motifs is 1. The summed E-state index contributed by atoms with van der Waals surface area (Å²) >= 11 is 0. The molecular weight excluding hydrogens is 347 g/mol. The Kier molecular flexibility index (Phi) is 4.38. The second kappa shape index (κ2) is 6.36. The molecule has 25 heavy (non-hydrogen) atoms. The summed E-state index contributed by atoms with van der Waals surface area (Å²) in [6.07, 6.45) is 1.52. The second-order valence-electron chi connectivity index (χ2n) is 5.55. The molecule has 3 rings (SSSR count). The van der Waals surface area contributed by atoms with E-state index in [-0.39, 0.29) is 17.7 Å². The van der Waals surface area contributed by atoms with Crippen molar-refractivity contribution in [3.8, 4) is 11.1 Å². The van der Waals surface area contributed by atoms with E-state index in [4.69, 9.17) is 5.14 Å². The first-order valence-corrected chi connectivity index (χ1v) is 8.77. The molecule has 0 saturated carbocycles. The number of hydrogen-bond donors (Lipinski definition) is 2. The fraction of sp³-hybridized carbons (Fsp3) is 0.125. The zero-order chi connectivity index (χ0) is 18.2. The van der Waals surface area contributed by atoms with Gasteiger partial charge in [0.25, 0.3) is 10.2 Å². The molecule has 7 nitrogen and oxygen atoms in total. The van der Waals surface area contributed by atoms with Gasteiger partial charge in [-0.2, -0.15) is 12.7 Å². The Hall–Kier alpha value is -2.62. The summed E-state index contributed by atoms with van der Waals surface area (Å²) in [5.41, 5.74) is 1.62. The number of nitrogens with one attached hydrogen (secondary N) is 1. The topological polar surface area (TPSA) is 109 Å². The molecule has 9 heteroatoms. The highest BCUT2D eigenvalue weighted by atomic mass is 32.2. The summed E-state index contributed by atoms with van der Waals surface area (Å²) < 4.78 is 37.8. The third kappa shape index (κ3) is 3.58. The predicted molar refractivity (Wildman–Crippen MR) is 92.3 cm³/mol. The first kappa shape index (κ1) is 17.2. The van der Waals surface area contributed by atoms with Gasteiger partial charge in [-0.1, -0.05) is 12.1 Å². The number of hydrogen-bond acceptors (Lipinski definition) is 4. The summed E-state index contributed by atoms with van der Waals surface area (Å²) in [4.78, 5) is 18.1. The number of nitrogens with two attached hydrogens (primary N) is 1. The van der Waals surface area contributed by atoms with Crippen molar-refractivity contribution in [2.75, 3.05) is 7.05 Å². The van der Waals surface area contributed by atoms with Gasteiger partial charge in [-0.3, -0.25) is 4.79 Å². The van der Waals surface area contributed by atoms with Crippen molar-refractivity contribution in [2.24, 2.45) is 5.14 Å². The van der Waals surface area contributed by atoms with Gasteiger partial charge in [0.1, 0.15) is 11.5 Å². The molecule has 130 valence electrons. The normalized spacial score (nSPS) is 12.0. The highest BCUT2D eigenvalue weighted by molar-refractivity contribution is 7.86. The highest BCUT2D eigenvalue weighted by Gasteiger charge is 2.15. The Morgan fingerprint density at radius 3 is 2.68 bits per heavy atom. The number of rotatable bonds is 4. The van der Waals surface area contributed by atoms with Crippen LogP contribution < -0.4 is 10.7 Å². The average molecular weight is 362 g/mol. The van der Waals surface area contributed by atoms with E-state index in [0.29, 0.717) is 22.2 Å². The minimum absolute atomic E-state index is 0.171. The summed E-state index contributed by atoms with van der Waals surface area (Å²) in [5, 5.41) is 5.69. The third-order valence-corrected chi connectivity index (χ3v) is 4.82. The zero-order valence-corrected chi connectivity index (χ0v) is 14.0. The van der Waals surface area contributed by atoms with E-state index in [1.54, 1.807) is 18.2 Å². The standard InChI is InChI=1S/C16H15FN4O3S/c1-21(25(18,23)24)9-11-3-2-10(8-14(11)17)12-6-7-19-16-13(12)4-5-15(22)20-16/h2-8H,9H2,1H3,(H2,18,23,24)(H,19,20,22). The van der Waals surface area contributed by atoms with Crippen LogP contribution in [-0.4, -0.2) is 29.7 Å². The van der Waals surface area contributed by atoms with E-state index < -0.39 is 16.0 Å². The van der Waals surface area contributed by atoms with Crippen LogP contribution in [0.15, 0.2) is 47.4 Å². The zero-order valence-electron chi connectivity index (χ0n) is 13.2. The minimum atomic E-state index is -3.89. The molecule has 2 aromatic heterocycles. The lowest BCUT2D eigenvalue weighted by Crippen LogP contribution is -2.32. The summed E-state index contributed by atoms with van der Waals surface area (Å²) in [6.45, 7) is -0.171. The molecule has 3 aromatic rings. The Labute approximate surface area is 143 Å². The number of H-pyrrole nitrogens is 1. The Balaban J connectivity index is 2.03. The van der Waals surface area contributed by atoms with Crippen LogP contribution in [0.4, 0.5) is 4.39 Å². The van der Waals surface area contributed by atoms with Gasteiger partial charge < -0.3 is 4.98 Å². The van der Waals surface area contributed by atoms with Crippen molar-refractivity contribution in [1.29, 1.82) is 0 Å². The fourth-order valence-electron chi connectivity index (χ4n) is 2.48. The molecule has 0 aliphatic carbocycles. The maximum Gasteiger partial charge on any atom is 0.276 e. The largest absolute Gasteiger partial charge is 0.307 e. The molecule has 0 atom stereocenters. The summed E-state index contributed by atoms with van der Waals surface area (Å²) in [7, 11) is -2.62. The monoisotopic (exact) mass is 362 g/mol. The first-order chi connectivity index (χ1) is 11.8. The molecule has 0 saturated heterocycles. The van der Waals surface area contributed by atoms with Gasteiger partial charge in [0.05, 0.1) is 0 Å². The van der Waals surface area contributed by atoms with Crippen LogP contribution in [0.3, 0.4) is 0 Å². The lowest BCUT2D eigenvalue weighted by molar-refractivity contribution is 0.457. The maximum absolute atomic E-state index is 14.4. The number of pyridine rings is 2. The smallest absolute Gasteiger partial charge is 0.276 e. The van der Waals surface area contributed by atoms with Crippen molar-refractivity contribution >= 4 is 21.2 Å². The van der Waals surface area contributed by atoms with Crippen molar-refractivity contribution in [3.63, 3.8) is 0 Å². The maximum atomic E-state index is 14.4. The van der Waals surface area contributed by atoms with Gasteiger partial charge in [-0.15, -0.1) is 0 Å².